The van der Waals surface area contributed by atoms with Crippen molar-refractivity contribution in [3.8, 4) is 0 Å². The van der Waals surface area contributed by atoms with Gasteiger partial charge in [0.25, 0.3) is 0 Å². The first-order chi connectivity index (χ1) is 7.72. The van der Waals surface area contributed by atoms with Crippen molar-refractivity contribution in [3.05, 3.63) is 5.01 Å². The molecule has 0 bridgehead atoms. The lowest BCUT2D eigenvalue weighted by atomic mass is 10.0. The Kier molecular flexibility index (Phi) is 2.65. The molecule has 1 aliphatic rings. The van der Waals surface area contributed by atoms with E-state index in [2.05, 4.69) is 29.4 Å². The van der Waals surface area contributed by atoms with Crippen LogP contribution in [0.3, 0.4) is 0 Å². The summed E-state index contributed by atoms with van der Waals surface area (Å²) in [5, 5.41) is 11.9. The Balaban J connectivity index is 2.05. The number of nitrogens with zero attached hydrogens (tertiary/aromatic N) is 2. The van der Waals surface area contributed by atoms with E-state index in [1.807, 2.05) is 13.8 Å². The van der Waals surface area contributed by atoms with Crippen molar-refractivity contribution >= 4 is 22.4 Å². The maximum atomic E-state index is 12.0. The predicted octanol–water partition coefficient (Wildman–Crippen LogP) is 1.52. The molecule has 94 valence electrons. The Morgan fingerprint density at radius 1 is 1.53 bits per heavy atom. The Hall–Kier alpha value is -1.17. The Bertz CT molecular complexity index is 452. The molecule has 1 aromatic rings. The van der Waals surface area contributed by atoms with Crippen LogP contribution in [0.15, 0.2) is 0 Å². The third-order valence-electron chi connectivity index (χ3n) is 3.24. The third-order valence-corrected chi connectivity index (χ3v) is 4.32. The molecule has 0 spiro atoms. The Labute approximate surface area is 105 Å². The van der Waals surface area contributed by atoms with Gasteiger partial charge in [-0.3, -0.25) is 4.79 Å². The maximum absolute atomic E-state index is 12.0. The molecule has 0 aliphatic heterocycles. The van der Waals surface area contributed by atoms with Gasteiger partial charge in [-0.05, 0) is 25.7 Å². The second-order valence-electron chi connectivity index (χ2n) is 5.80. The molecule has 1 saturated carbocycles. The van der Waals surface area contributed by atoms with Crippen LogP contribution in [0.4, 0.5) is 5.13 Å². The lowest BCUT2D eigenvalue weighted by molar-refractivity contribution is -0.124. The summed E-state index contributed by atoms with van der Waals surface area (Å²) >= 11 is 1.31. The van der Waals surface area contributed by atoms with Gasteiger partial charge in [0.1, 0.15) is 5.01 Å². The zero-order valence-corrected chi connectivity index (χ0v) is 11.4. The molecule has 6 heteroatoms. The molecule has 0 aromatic carbocycles. The monoisotopic (exact) mass is 254 g/mol. The number of hydrogen-bond acceptors (Lipinski definition) is 5. The largest absolute Gasteiger partial charge is 0.374 e. The molecule has 17 heavy (non-hydrogen) atoms. The van der Waals surface area contributed by atoms with Gasteiger partial charge in [0.15, 0.2) is 0 Å². The minimum absolute atomic E-state index is 0.0915. The van der Waals surface area contributed by atoms with Gasteiger partial charge in [-0.2, -0.15) is 0 Å². The number of aromatic nitrogens is 2. The molecule has 1 heterocycles. The highest BCUT2D eigenvalue weighted by Crippen LogP contribution is 2.51. The number of carbonyl (C=O) groups is 1. The number of nitrogen functional groups attached to an aromatic ring is 1. The maximum Gasteiger partial charge on any atom is 0.224 e. The molecule has 0 saturated heterocycles. The number of rotatable bonds is 3. The quantitative estimate of drug-likeness (QED) is 0.857. The van der Waals surface area contributed by atoms with Crippen LogP contribution < -0.4 is 11.1 Å². The first-order valence-corrected chi connectivity index (χ1v) is 6.45. The summed E-state index contributed by atoms with van der Waals surface area (Å²) in [6.07, 6.45) is 0.952. The summed E-state index contributed by atoms with van der Waals surface area (Å²) in [6, 6.07) is 0. The van der Waals surface area contributed by atoms with Gasteiger partial charge in [0, 0.05) is 5.92 Å². The van der Waals surface area contributed by atoms with Gasteiger partial charge in [0.2, 0.25) is 11.0 Å². The average Bonchev–Trinajstić information content (AvgIpc) is 2.61. The van der Waals surface area contributed by atoms with Crippen molar-refractivity contribution in [1.82, 2.24) is 15.5 Å². The molecule has 1 aliphatic carbocycles. The molecule has 5 nitrogen and oxygen atoms in total. The van der Waals surface area contributed by atoms with E-state index >= 15 is 0 Å². The van der Waals surface area contributed by atoms with Gasteiger partial charge in [-0.1, -0.05) is 25.2 Å². The van der Waals surface area contributed by atoms with E-state index in [0.717, 1.165) is 11.4 Å². The van der Waals surface area contributed by atoms with E-state index in [0.29, 0.717) is 5.13 Å². The van der Waals surface area contributed by atoms with E-state index in [9.17, 15) is 4.79 Å². The zero-order chi connectivity index (χ0) is 12.8. The standard InChI is InChI=1S/C11H18N4OS/c1-10(2)5-6(10)7(16)13-11(3,4)8-14-15-9(12)17-8/h6H,5H2,1-4H3,(H2,12,15)(H,13,16)/t6-/m1/s1. The molecule has 1 fully saturated rings. The SMILES string of the molecule is CC(C)(NC(=O)[C@H]1CC1(C)C)c1nnc(N)s1. The highest BCUT2D eigenvalue weighted by Gasteiger charge is 2.51. The van der Waals surface area contributed by atoms with E-state index < -0.39 is 5.54 Å². The summed E-state index contributed by atoms with van der Waals surface area (Å²) in [5.41, 5.74) is 5.18. The fraction of sp³-hybridized carbons (Fsp3) is 0.727. The minimum Gasteiger partial charge on any atom is -0.374 e. The van der Waals surface area contributed by atoms with Crippen molar-refractivity contribution in [2.45, 2.75) is 39.7 Å². The second-order valence-corrected chi connectivity index (χ2v) is 6.81. The summed E-state index contributed by atoms with van der Waals surface area (Å²) < 4.78 is 0. The molecule has 0 radical (unpaired) electrons. The number of nitrogens with two attached hydrogens (primary N) is 1. The molecule has 0 unspecified atom stereocenters. The summed E-state index contributed by atoms with van der Waals surface area (Å²) in [4.78, 5) is 12.0. The molecule has 3 N–H and O–H groups in total. The lowest BCUT2D eigenvalue weighted by Gasteiger charge is -2.23. The van der Waals surface area contributed by atoms with Crippen LogP contribution in [-0.4, -0.2) is 16.1 Å². The van der Waals surface area contributed by atoms with Crippen LogP contribution in [0.5, 0.6) is 0 Å². The first-order valence-electron chi connectivity index (χ1n) is 5.64. The Morgan fingerprint density at radius 2 is 2.12 bits per heavy atom. The molecular formula is C11H18N4OS. The van der Waals surface area contributed by atoms with Crippen LogP contribution in [0.25, 0.3) is 0 Å². The molecule has 1 amide bonds. The van der Waals surface area contributed by atoms with Crippen LogP contribution in [0, 0.1) is 11.3 Å². The third kappa shape index (κ3) is 2.41. The summed E-state index contributed by atoms with van der Waals surface area (Å²) in [5.74, 6) is 0.209. The van der Waals surface area contributed by atoms with Crippen molar-refractivity contribution in [2.75, 3.05) is 5.73 Å². The number of nitrogens with one attached hydrogen (secondary N) is 1. The summed E-state index contributed by atoms with van der Waals surface area (Å²) in [7, 11) is 0. The highest BCUT2D eigenvalue weighted by molar-refractivity contribution is 7.15. The van der Waals surface area contributed by atoms with E-state index in [1.54, 1.807) is 0 Å². The van der Waals surface area contributed by atoms with E-state index in [4.69, 9.17) is 5.73 Å². The molecule has 1 atom stereocenters. The van der Waals surface area contributed by atoms with Crippen molar-refractivity contribution in [3.63, 3.8) is 0 Å². The van der Waals surface area contributed by atoms with Gasteiger partial charge in [-0.25, -0.2) is 0 Å². The Morgan fingerprint density at radius 3 is 2.53 bits per heavy atom. The number of hydrogen-bond donors (Lipinski definition) is 2. The number of carbonyl (C=O) groups excluding carboxylic acids is 1. The van der Waals surface area contributed by atoms with Gasteiger partial charge in [-0.15, -0.1) is 10.2 Å². The summed E-state index contributed by atoms with van der Waals surface area (Å²) in [6.45, 7) is 8.04. The van der Waals surface area contributed by atoms with E-state index in [1.165, 1.54) is 11.3 Å². The van der Waals surface area contributed by atoms with Crippen LogP contribution >= 0.6 is 11.3 Å². The molecule has 2 rings (SSSR count). The lowest BCUT2D eigenvalue weighted by Crippen LogP contribution is -2.42. The topological polar surface area (TPSA) is 80.9 Å². The van der Waals surface area contributed by atoms with Crippen molar-refractivity contribution in [2.24, 2.45) is 11.3 Å². The fourth-order valence-electron chi connectivity index (χ4n) is 1.85. The van der Waals surface area contributed by atoms with Gasteiger partial charge in [0.05, 0.1) is 5.54 Å². The number of amides is 1. The van der Waals surface area contributed by atoms with Crippen molar-refractivity contribution < 1.29 is 4.79 Å². The van der Waals surface area contributed by atoms with Crippen LogP contribution in [0.2, 0.25) is 0 Å². The zero-order valence-electron chi connectivity index (χ0n) is 10.6. The normalized spacial score (nSPS) is 22.2. The van der Waals surface area contributed by atoms with Crippen molar-refractivity contribution in [1.29, 1.82) is 0 Å². The first kappa shape index (κ1) is 12.3. The predicted molar refractivity (Wildman–Crippen MR) is 67.4 cm³/mol. The smallest absolute Gasteiger partial charge is 0.224 e. The molecular weight excluding hydrogens is 236 g/mol. The fourth-order valence-corrected chi connectivity index (χ4v) is 2.52. The average molecular weight is 254 g/mol. The highest BCUT2D eigenvalue weighted by atomic mass is 32.1. The molecule has 1 aromatic heterocycles. The van der Waals surface area contributed by atoms with Gasteiger partial charge < -0.3 is 11.1 Å². The van der Waals surface area contributed by atoms with Crippen LogP contribution in [0.1, 0.15) is 39.1 Å². The second kappa shape index (κ2) is 3.66. The van der Waals surface area contributed by atoms with Gasteiger partial charge >= 0.3 is 0 Å². The minimum atomic E-state index is -0.509. The number of anilines is 1. The van der Waals surface area contributed by atoms with E-state index in [-0.39, 0.29) is 17.2 Å². The van der Waals surface area contributed by atoms with Crippen LogP contribution in [-0.2, 0) is 10.3 Å².